The summed E-state index contributed by atoms with van der Waals surface area (Å²) >= 11 is 0. The van der Waals surface area contributed by atoms with Crippen molar-refractivity contribution in [3.8, 4) is 0 Å². The molecule has 0 fully saturated rings. The summed E-state index contributed by atoms with van der Waals surface area (Å²) in [5.41, 5.74) is 1.08. The molecule has 1 heterocycles. The van der Waals surface area contributed by atoms with Crippen molar-refractivity contribution in [2.24, 2.45) is 0 Å². The maximum Gasteiger partial charge on any atom is 0.142 e. The van der Waals surface area contributed by atoms with E-state index >= 15 is 0 Å². The van der Waals surface area contributed by atoms with Crippen LogP contribution < -0.4 is 0 Å². The third kappa shape index (κ3) is 2.74. The highest BCUT2D eigenvalue weighted by Gasteiger charge is 1.95. The van der Waals surface area contributed by atoms with Gasteiger partial charge in [-0.3, -0.25) is 4.79 Å². The number of furan rings is 1. The van der Waals surface area contributed by atoms with Gasteiger partial charge in [0.25, 0.3) is 0 Å². The molecule has 2 nitrogen and oxygen atoms in total. The molecule has 0 radical (unpaired) electrons. The molecule has 0 atom stereocenters. The summed E-state index contributed by atoms with van der Waals surface area (Å²) in [5, 5.41) is 0. The second kappa shape index (κ2) is 4.54. The molecule has 0 saturated heterocycles. The van der Waals surface area contributed by atoms with Crippen molar-refractivity contribution in [1.82, 2.24) is 0 Å². The molecule has 0 unspecified atom stereocenters. The molecule has 0 amide bonds. The van der Waals surface area contributed by atoms with Crippen molar-refractivity contribution < 1.29 is 9.21 Å². The highest BCUT2D eigenvalue weighted by molar-refractivity contribution is 5.65. The smallest absolute Gasteiger partial charge is 0.142 e. The molecule has 64 valence electrons. The van der Waals surface area contributed by atoms with E-state index in [2.05, 4.69) is 0 Å². The lowest BCUT2D eigenvalue weighted by Crippen LogP contribution is -1.83. The molecule has 1 aromatic heterocycles. The Kier molecular flexibility index (Phi) is 3.33. The number of aldehydes is 1. The van der Waals surface area contributed by atoms with Gasteiger partial charge >= 0.3 is 0 Å². The zero-order valence-corrected chi connectivity index (χ0v) is 7.12. The fourth-order valence-electron chi connectivity index (χ4n) is 0.975. The number of hydrogen-bond donors (Lipinski definition) is 0. The zero-order valence-electron chi connectivity index (χ0n) is 7.12. The van der Waals surface area contributed by atoms with Crippen LogP contribution in [0, 0.1) is 0 Å². The van der Waals surface area contributed by atoms with Crippen LogP contribution in [0.25, 0.3) is 0 Å². The first-order valence-corrected chi connectivity index (χ1v) is 3.96. The number of rotatable bonds is 4. The van der Waals surface area contributed by atoms with E-state index in [0.29, 0.717) is 0 Å². The quantitative estimate of drug-likeness (QED) is 0.505. The van der Waals surface area contributed by atoms with E-state index < -0.39 is 0 Å². The Morgan fingerprint density at radius 1 is 1.67 bits per heavy atom. The Bertz CT molecular complexity index is 257. The van der Waals surface area contributed by atoms with Crippen molar-refractivity contribution in [2.45, 2.75) is 19.8 Å². The topological polar surface area (TPSA) is 30.2 Å². The van der Waals surface area contributed by atoms with Crippen molar-refractivity contribution in [3.63, 3.8) is 0 Å². The number of hydrogen-bond acceptors (Lipinski definition) is 2. The molecule has 2 heteroatoms. The number of carbonyl (C=O) groups is 1. The Morgan fingerprint density at radius 2 is 2.50 bits per heavy atom. The first-order chi connectivity index (χ1) is 5.83. The van der Waals surface area contributed by atoms with E-state index in [9.17, 15) is 4.79 Å². The zero-order chi connectivity index (χ0) is 8.81. The SMILES string of the molecule is C/C(=C\C=O)CCc1ccco1. The van der Waals surface area contributed by atoms with Gasteiger partial charge in [-0.25, -0.2) is 0 Å². The maximum atomic E-state index is 10.1. The second-order valence-electron chi connectivity index (χ2n) is 2.73. The fourth-order valence-corrected chi connectivity index (χ4v) is 0.975. The molecule has 0 spiro atoms. The average molecular weight is 164 g/mol. The predicted molar refractivity (Wildman–Crippen MR) is 46.9 cm³/mol. The van der Waals surface area contributed by atoms with Gasteiger partial charge in [0.2, 0.25) is 0 Å². The summed E-state index contributed by atoms with van der Waals surface area (Å²) in [6.45, 7) is 1.94. The largest absolute Gasteiger partial charge is 0.469 e. The monoisotopic (exact) mass is 164 g/mol. The highest BCUT2D eigenvalue weighted by Crippen LogP contribution is 2.08. The van der Waals surface area contributed by atoms with Crippen LogP contribution in [0.1, 0.15) is 19.1 Å². The van der Waals surface area contributed by atoms with E-state index in [0.717, 1.165) is 30.5 Å². The molecule has 1 aromatic rings. The van der Waals surface area contributed by atoms with Crippen molar-refractivity contribution in [1.29, 1.82) is 0 Å². The van der Waals surface area contributed by atoms with Crippen LogP contribution in [-0.4, -0.2) is 6.29 Å². The molecule has 0 aromatic carbocycles. The van der Waals surface area contributed by atoms with Gasteiger partial charge in [0.1, 0.15) is 12.0 Å². The summed E-state index contributed by atoms with van der Waals surface area (Å²) in [5.74, 6) is 0.966. The van der Waals surface area contributed by atoms with Gasteiger partial charge in [-0.1, -0.05) is 5.57 Å². The minimum Gasteiger partial charge on any atom is -0.469 e. The van der Waals surface area contributed by atoms with Gasteiger partial charge in [0, 0.05) is 6.42 Å². The molecule has 0 N–H and O–H groups in total. The minimum absolute atomic E-state index is 0.817. The van der Waals surface area contributed by atoms with Crippen LogP contribution in [-0.2, 0) is 11.2 Å². The van der Waals surface area contributed by atoms with E-state index in [1.54, 1.807) is 12.3 Å². The van der Waals surface area contributed by atoms with Crippen LogP contribution in [0.5, 0.6) is 0 Å². The van der Waals surface area contributed by atoms with Crippen molar-refractivity contribution in [2.75, 3.05) is 0 Å². The lowest BCUT2D eigenvalue weighted by molar-refractivity contribution is -0.104. The number of carbonyl (C=O) groups excluding carboxylic acids is 1. The van der Waals surface area contributed by atoms with Gasteiger partial charge in [-0.15, -0.1) is 0 Å². The minimum atomic E-state index is 0.817. The van der Waals surface area contributed by atoms with Crippen LogP contribution in [0.3, 0.4) is 0 Å². The lowest BCUT2D eigenvalue weighted by atomic mass is 10.1. The van der Waals surface area contributed by atoms with E-state index in [4.69, 9.17) is 4.42 Å². The third-order valence-corrected chi connectivity index (χ3v) is 1.70. The first-order valence-electron chi connectivity index (χ1n) is 3.96. The van der Waals surface area contributed by atoms with Crippen molar-refractivity contribution in [3.05, 3.63) is 35.8 Å². The maximum absolute atomic E-state index is 10.1. The molecular formula is C10H12O2. The summed E-state index contributed by atoms with van der Waals surface area (Å²) in [7, 11) is 0. The Balaban J connectivity index is 2.36. The predicted octanol–water partition coefficient (Wildman–Crippen LogP) is 2.36. The summed E-state index contributed by atoms with van der Waals surface area (Å²) in [6, 6.07) is 3.81. The second-order valence-corrected chi connectivity index (χ2v) is 2.73. The summed E-state index contributed by atoms with van der Waals surface area (Å²) in [4.78, 5) is 10.1. The molecule has 1 rings (SSSR count). The van der Waals surface area contributed by atoms with Gasteiger partial charge in [0.05, 0.1) is 6.26 Å². The normalized spacial score (nSPS) is 11.6. The molecule has 0 aliphatic rings. The number of aryl methyl sites for hydroxylation is 1. The van der Waals surface area contributed by atoms with Gasteiger partial charge in [-0.05, 0) is 31.6 Å². The standard InChI is InChI=1S/C10H12O2/c1-9(6-7-11)4-5-10-3-2-8-12-10/h2-3,6-8H,4-5H2,1H3/b9-6+. The molecule has 0 bridgehead atoms. The first kappa shape index (κ1) is 8.78. The van der Waals surface area contributed by atoms with Crippen molar-refractivity contribution >= 4 is 6.29 Å². The van der Waals surface area contributed by atoms with Crippen LogP contribution in [0.2, 0.25) is 0 Å². The molecule has 0 aliphatic heterocycles. The Hall–Kier alpha value is -1.31. The van der Waals surface area contributed by atoms with E-state index in [1.165, 1.54) is 0 Å². The average Bonchev–Trinajstić information content (AvgIpc) is 2.53. The van der Waals surface area contributed by atoms with E-state index in [-0.39, 0.29) is 0 Å². The molecular weight excluding hydrogens is 152 g/mol. The summed E-state index contributed by atoms with van der Waals surface area (Å²) < 4.78 is 5.15. The van der Waals surface area contributed by atoms with Gasteiger partial charge < -0.3 is 4.42 Å². The van der Waals surface area contributed by atoms with Gasteiger partial charge in [0.15, 0.2) is 0 Å². The van der Waals surface area contributed by atoms with Crippen LogP contribution in [0.15, 0.2) is 34.5 Å². The Labute approximate surface area is 71.9 Å². The van der Waals surface area contributed by atoms with E-state index in [1.807, 2.05) is 19.1 Å². The van der Waals surface area contributed by atoms with Crippen LogP contribution in [0.4, 0.5) is 0 Å². The number of allylic oxidation sites excluding steroid dienone is 2. The lowest BCUT2D eigenvalue weighted by Gasteiger charge is -1.95. The third-order valence-electron chi connectivity index (χ3n) is 1.70. The molecule has 0 saturated carbocycles. The highest BCUT2D eigenvalue weighted by atomic mass is 16.3. The molecule has 12 heavy (non-hydrogen) atoms. The van der Waals surface area contributed by atoms with Crippen LogP contribution >= 0.6 is 0 Å². The Morgan fingerprint density at radius 3 is 3.08 bits per heavy atom. The summed E-state index contributed by atoms with van der Waals surface area (Å²) in [6.07, 6.45) is 5.81. The molecule has 0 aliphatic carbocycles. The fraction of sp³-hybridized carbons (Fsp3) is 0.300. The van der Waals surface area contributed by atoms with Gasteiger partial charge in [-0.2, -0.15) is 0 Å².